The molecule has 130 valence electrons. The third-order valence-electron chi connectivity index (χ3n) is 3.79. The van der Waals surface area contributed by atoms with Crippen molar-refractivity contribution >= 4 is 29.9 Å². The van der Waals surface area contributed by atoms with Crippen LogP contribution in [0.15, 0.2) is 61.4 Å². The minimum atomic E-state index is -0.420. The van der Waals surface area contributed by atoms with Crippen molar-refractivity contribution in [2.24, 2.45) is 0 Å². The van der Waals surface area contributed by atoms with Gasteiger partial charge in [0.15, 0.2) is 0 Å². The Hall–Kier alpha value is -3.67. The summed E-state index contributed by atoms with van der Waals surface area (Å²) in [5.74, 6) is -0.394. The monoisotopic (exact) mass is 349 g/mol. The lowest BCUT2D eigenvalue weighted by atomic mass is 10.1. The Morgan fingerprint density at radius 3 is 2.42 bits per heavy atom. The molecule has 6 heteroatoms. The van der Waals surface area contributed by atoms with E-state index in [1.807, 2.05) is 0 Å². The number of aldehydes is 1. The van der Waals surface area contributed by atoms with Gasteiger partial charge in [-0.2, -0.15) is 0 Å². The van der Waals surface area contributed by atoms with Crippen LogP contribution in [0.4, 0.5) is 5.69 Å². The summed E-state index contributed by atoms with van der Waals surface area (Å²) in [4.78, 5) is 36.8. The van der Waals surface area contributed by atoms with Crippen LogP contribution >= 0.6 is 0 Å². The maximum Gasteiger partial charge on any atom is 0.266 e. The Bertz CT molecular complexity index is 899. The molecule has 2 aromatic rings. The number of ether oxygens (including phenoxy) is 2. The van der Waals surface area contributed by atoms with Gasteiger partial charge < -0.3 is 9.47 Å². The second kappa shape index (κ2) is 7.48. The SMILES string of the molecule is C=COCOc1ccc2c(c1)C(=O)N(c1ccc(C=CC=O)cc1)C2=O. The van der Waals surface area contributed by atoms with Gasteiger partial charge in [0.25, 0.3) is 11.8 Å². The van der Waals surface area contributed by atoms with E-state index in [1.54, 1.807) is 42.5 Å². The molecular weight excluding hydrogens is 334 g/mol. The molecule has 6 nitrogen and oxygen atoms in total. The van der Waals surface area contributed by atoms with Gasteiger partial charge >= 0.3 is 0 Å². The molecule has 2 amide bonds. The molecule has 0 N–H and O–H groups in total. The lowest BCUT2D eigenvalue weighted by Gasteiger charge is -2.13. The highest BCUT2D eigenvalue weighted by Gasteiger charge is 2.36. The predicted molar refractivity (Wildman–Crippen MR) is 95.9 cm³/mol. The third-order valence-corrected chi connectivity index (χ3v) is 3.79. The quantitative estimate of drug-likeness (QED) is 0.192. The first-order chi connectivity index (χ1) is 12.7. The van der Waals surface area contributed by atoms with Gasteiger partial charge in [0, 0.05) is 0 Å². The van der Waals surface area contributed by atoms with Crippen LogP contribution in [0.1, 0.15) is 26.3 Å². The standard InChI is InChI=1S/C20H15NO5/c1-2-25-13-26-16-9-10-17-18(12-16)20(24)21(19(17)23)15-7-5-14(6-8-15)4-3-11-22/h2-12H,1,13H2. The van der Waals surface area contributed by atoms with Crippen molar-refractivity contribution < 1.29 is 23.9 Å². The Labute approximate surface area is 149 Å². The van der Waals surface area contributed by atoms with E-state index in [0.29, 0.717) is 23.3 Å². The minimum Gasteiger partial charge on any atom is -0.466 e. The third kappa shape index (κ3) is 3.25. The van der Waals surface area contributed by atoms with Crippen LogP contribution in [0.5, 0.6) is 5.75 Å². The summed E-state index contributed by atoms with van der Waals surface area (Å²) < 4.78 is 10.2. The highest BCUT2D eigenvalue weighted by molar-refractivity contribution is 6.34. The average Bonchev–Trinajstić information content (AvgIpc) is 2.91. The zero-order chi connectivity index (χ0) is 18.5. The van der Waals surface area contributed by atoms with E-state index in [9.17, 15) is 14.4 Å². The number of anilines is 1. The van der Waals surface area contributed by atoms with Gasteiger partial charge in [0.2, 0.25) is 6.79 Å². The number of allylic oxidation sites excluding steroid dienone is 1. The van der Waals surface area contributed by atoms with Crippen molar-refractivity contribution in [2.75, 3.05) is 11.7 Å². The Morgan fingerprint density at radius 1 is 1.00 bits per heavy atom. The zero-order valence-corrected chi connectivity index (χ0v) is 13.8. The molecule has 0 aliphatic carbocycles. The zero-order valence-electron chi connectivity index (χ0n) is 13.8. The van der Waals surface area contributed by atoms with E-state index in [1.165, 1.54) is 18.4 Å². The van der Waals surface area contributed by atoms with Gasteiger partial charge in [0.1, 0.15) is 12.0 Å². The molecule has 26 heavy (non-hydrogen) atoms. The molecule has 0 saturated heterocycles. The highest BCUT2D eigenvalue weighted by atomic mass is 16.7. The van der Waals surface area contributed by atoms with Crippen molar-refractivity contribution in [2.45, 2.75) is 0 Å². The van der Waals surface area contributed by atoms with Gasteiger partial charge in [-0.05, 0) is 42.0 Å². The van der Waals surface area contributed by atoms with Crippen LogP contribution in [0.2, 0.25) is 0 Å². The summed E-state index contributed by atoms with van der Waals surface area (Å²) in [7, 11) is 0. The molecule has 2 aromatic carbocycles. The number of carbonyl (C=O) groups is 3. The highest BCUT2D eigenvalue weighted by Crippen LogP contribution is 2.31. The Balaban J connectivity index is 1.85. The van der Waals surface area contributed by atoms with Gasteiger partial charge in [0.05, 0.1) is 23.1 Å². The minimum absolute atomic E-state index is 0.0378. The maximum atomic E-state index is 12.7. The smallest absolute Gasteiger partial charge is 0.266 e. The number of benzene rings is 2. The fourth-order valence-corrected chi connectivity index (χ4v) is 2.58. The number of rotatable bonds is 7. The molecule has 0 bridgehead atoms. The molecule has 0 fully saturated rings. The number of carbonyl (C=O) groups excluding carboxylic acids is 3. The molecule has 0 atom stereocenters. The maximum absolute atomic E-state index is 12.7. The van der Waals surface area contributed by atoms with Gasteiger partial charge in [-0.25, -0.2) is 4.90 Å². The van der Waals surface area contributed by atoms with Crippen LogP contribution < -0.4 is 9.64 Å². The van der Waals surface area contributed by atoms with E-state index in [2.05, 4.69) is 6.58 Å². The second-order valence-electron chi connectivity index (χ2n) is 5.34. The van der Waals surface area contributed by atoms with Crippen molar-refractivity contribution in [3.05, 3.63) is 78.1 Å². The summed E-state index contributed by atoms with van der Waals surface area (Å²) in [6, 6.07) is 11.4. The lowest BCUT2D eigenvalue weighted by Crippen LogP contribution is -2.29. The molecule has 0 aromatic heterocycles. The fourth-order valence-electron chi connectivity index (χ4n) is 2.58. The normalized spacial score (nSPS) is 13.0. The number of hydrogen-bond acceptors (Lipinski definition) is 5. The van der Waals surface area contributed by atoms with Gasteiger partial charge in [-0.15, -0.1) is 0 Å². The first-order valence-electron chi connectivity index (χ1n) is 7.75. The molecule has 0 saturated carbocycles. The summed E-state index contributed by atoms with van der Waals surface area (Å²) in [6.07, 6.45) is 4.93. The summed E-state index contributed by atoms with van der Waals surface area (Å²) in [5, 5.41) is 0. The number of amides is 2. The summed E-state index contributed by atoms with van der Waals surface area (Å²) in [6.45, 7) is 3.37. The largest absolute Gasteiger partial charge is 0.466 e. The van der Waals surface area contributed by atoms with E-state index in [4.69, 9.17) is 9.47 Å². The van der Waals surface area contributed by atoms with E-state index in [-0.39, 0.29) is 12.4 Å². The van der Waals surface area contributed by atoms with Crippen molar-refractivity contribution in [3.63, 3.8) is 0 Å². The van der Waals surface area contributed by atoms with E-state index >= 15 is 0 Å². The molecule has 1 aliphatic heterocycles. The van der Waals surface area contributed by atoms with Crippen LogP contribution in [-0.2, 0) is 9.53 Å². The molecule has 3 rings (SSSR count). The first-order valence-corrected chi connectivity index (χ1v) is 7.75. The van der Waals surface area contributed by atoms with E-state index in [0.717, 1.165) is 10.5 Å². The number of imide groups is 1. The van der Waals surface area contributed by atoms with Crippen molar-refractivity contribution in [3.8, 4) is 5.75 Å². The van der Waals surface area contributed by atoms with Crippen LogP contribution in [-0.4, -0.2) is 24.9 Å². The van der Waals surface area contributed by atoms with E-state index < -0.39 is 11.8 Å². The molecule has 1 heterocycles. The predicted octanol–water partition coefficient (Wildman–Crippen LogP) is 3.20. The van der Waals surface area contributed by atoms with Gasteiger partial charge in [-0.3, -0.25) is 14.4 Å². The average molecular weight is 349 g/mol. The van der Waals surface area contributed by atoms with Crippen molar-refractivity contribution in [1.29, 1.82) is 0 Å². The molecule has 0 unspecified atom stereocenters. The lowest BCUT2D eigenvalue weighted by molar-refractivity contribution is -0.104. The summed E-state index contributed by atoms with van der Waals surface area (Å²) in [5.41, 5.74) is 1.83. The summed E-state index contributed by atoms with van der Waals surface area (Å²) >= 11 is 0. The second-order valence-corrected chi connectivity index (χ2v) is 5.34. The molecular formula is C20H15NO5. The Kier molecular flexibility index (Phi) is 4.94. The van der Waals surface area contributed by atoms with Crippen LogP contribution in [0.25, 0.3) is 6.08 Å². The topological polar surface area (TPSA) is 72.9 Å². The number of hydrogen-bond donors (Lipinski definition) is 0. The van der Waals surface area contributed by atoms with Gasteiger partial charge in [-0.1, -0.05) is 24.8 Å². The fraction of sp³-hybridized carbons (Fsp3) is 0.0500. The van der Waals surface area contributed by atoms with Crippen molar-refractivity contribution in [1.82, 2.24) is 0 Å². The van der Waals surface area contributed by atoms with Crippen LogP contribution in [0.3, 0.4) is 0 Å². The van der Waals surface area contributed by atoms with Crippen LogP contribution in [0, 0.1) is 0 Å². The molecule has 1 aliphatic rings. The molecule has 0 spiro atoms. The Morgan fingerprint density at radius 2 is 1.73 bits per heavy atom. The first kappa shape index (κ1) is 17.2. The molecule has 0 radical (unpaired) electrons. The number of nitrogens with zero attached hydrogens (tertiary/aromatic N) is 1. The number of fused-ring (bicyclic) bond motifs is 1.